The highest BCUT2D eigenvalue weighted by Crippen LogP contribution is 2.17. The van der Waals surface area contributed by atoms with Crippen LogP contribution in [0.3, 0.4) is 0 Å². The molecule has 0 heterocycles. The highest BCUT2D eigenvalue weighted by molar-refractivity contribution is 6.30. The predicted octanol–water partition coefficient (Wildman–Crippen LogP) is 0.959. The summed E-state index contributed by atoms with van der Waals surface area (Å²) in [6.07, 6.45) is 0.838. The topological polar surface area (TPSA) is 65.9 Å². The van der Waals surface area contributed by atoms with Crippen LogP contribution in [-0.4, -0.2) is 31.1 Å². The summed E-state index contributed by atoms with van der Waals surface area (Å²) in [5.41, 5.74) is 8.91. The van der Waals surface area contributed by atoms with Gasteiger partial charge < -0.3 is 15.2 Å². The summed E-state index contributed by atoms with van der Waals surface area (Å²) in [5, 5.41) is 0. The molecule has 78 valence electrons. The van der Waals surface area contributed by atoms with Crippen molar-refractivity contribution in [3.05, 3.63) is 29.8 Å². The van der Waals surface area contributed by atoms with E-state index in [9.17, 15) is 4.79 Å². The Balaban J connectivity index is 2.86. The van der Waals surface area contributed by atoms with E-state index in [1.807, 2.05) is 0 Å². The molecular weight excluding hydrogens is 194 g/mol. The first kappa shape index (κ1) is 10.9. The number of hydrogen-bond donors (Lipinski definition) is 0. The third kappa shape index (κ3) is 2.65. The zero-order valence-corrected chi connectivity index (χ0v) is 8.54. The Kier molecular flexibility index (Phi) is 3.60. The summed E-state index contributed by atoms with van der Waals surface area (Å²) in [5.74, 6) is 0.318. The second kappa shape index (κ2) is 4.93. The van der Waals surface area contributed by atoms with Gasteiger partial charge in [0.2, 0.25) is 0 Å². The largest absolute Gasteiger partial charge is 0.497 e. The van der Waals surface area contributed by atoms with Crippen molar-refractivity contribution in [3.8, 4) is 5.75 Å². The van der Waals surface area contributed by atoms with Gasteiger partial charge in [-0.05, 0) is 24.3 Å². The average molecular weight is 205 g/mol. The minimum absolute atomic E-state index is 0.400. The molecule has 0 atom stereocenters. The monoisotopic (exact) mass is 205 g/mol. The molecule has 0 spiro atoms. The quantitative estimate of drug-likeness (QED) is 0.419. The van der Waals surface area contributed by atoms with Crippen LogP contribution in [0.1, 0.15) is 0 Å². The molecule has 0 N–H and O–H groups in total. The molecule has 0 saturated carbocycles. The van der Waals surface area contributed by atoms with Crippen LogP contribution in [0.25, 0.3) is 5.53 Å². The Hall–Kier alpha value is -2.13. The van der Waals surface area contributed by atoms with E-state index >= 15 is 0 Å². The summed E-state index contributed by atoms with van der Waals surface area (Å²) in [6, 6.07) is 6.97. The number of amides is 1. The van der Waals surface area contributed by atoms with Gasteiger partial charge in [-0.3, -0.25) is 4.79 Å². The lowest BCUT2D eigenvalue weighted by Crippen LogP contribution is -2.27. The van der Waals surface area contributed by atoms with Crippen molar-refractivity contribution in [1.29, 1.82) is 0 Å². The van der Waals surface area contributed by atoms with Crippen molar-refractivity contribution < 1.29 is 14.3 Å². The highest BCUT2D eigenvalue weighted by atomic mass is 16.5. The third-order valence-corrected chi connectivity index (χ3v) is 1.96. The Morgan fingerprint density at radius 3 is 2.53 bits per heavy atom. The Morgan fingerprint density at radius 2 is 2.07 bits per heavy atom. The third-order valence-electron chi connectivity index (χ3n) is 1.96. The van der Waals surface area contributed by atoms with Crippen LogP contribution in [0.15, 0.2) is 24.3 Å². The van der Waals surface area contributed by atoms with Crippen molar-refractivity contribution in [2.45, 2.75) is 0 Å². The minimum atomic E-state index is -0.400. The number of ether oxygens (including phenoxy) is 1. The zero-order valence-electron chi connectivity index (χ0n) is 8.54. The second-order valence-electron chi connectivity index (χ2n) is 2.84. The Labute approximate surface area is 87.5 Å². The van der Waals surface area contributed by atoms with Crippen LogP contribution in [0.4, 0.5) is 5.69 Å². The molecule has 15 heavy (non-hydrogen) atoms. The number of carbonyl (C=O) groups is 1. The maximum absolute atomic E-state index is 11.3. The molecule has 0 aliphatic carbocycles. The summed E-state index contributed by atoms with van der Waals surface area (Å²) in [7, 11) is 3.16. The van der Waals surface area contributed by atoms with Gasteiger partial charge in [-0.2, -0.15) is 4.79 Å². The van der Waals surface area contributed by atoms with Gasteiger partial charge in [0.1, 0.15) is 5.75 Å². The average Bonchev–Trinajstić information content (AvgIpc) is 2.28. The lowest BCUT2D eigenvalue weighted by atomic mass is 10.3. The number of methoxy groups -OCH3 is 1. The molecule has 0 bridgehead atoms. The maximum Gasteiger partial charge on any atom is 0.345 e. The fourth-order valence-corrected chi connectivity index (χ4v) is 1.07. The molecule has 0 saturated heterocycles. The molecular formula is C10H11N3O2. The summed E-state index contributed by atoms with van der Waals surface area (Å²) < 4.78 is 4.99. The van der Waals surface area contributed by atoms with Gasteiger partial charge in [-0.15, -0.1) is 0 Å². The van der Waals surface area contributed by atoms with E-state index in [0.29, 0.717) is 5.69 Å². The first-order chi connectivity index (χ1) is 7.19. The van der Waals surface area contributed by atoms with Gasteiger partial charge in [0, 0.05) is 12.7 Å². The maximum atomic E-state index is 11.3. The van der Waals surface area contributed by atoms with Crippen LogP contribution >= 0.6 is 0 Å². The SMILES string of the molecule is COc1ccc(N(C)C(=O)C=[N+]=[N-])cc1. The summed E-state index contributed by atoms with van der Waals surface area (Å²) >= 11 is 0. The second-order valence-corrected chi connectivity index (χ2v) is 2.84. The van der Waals surface area contributed by atoms with E-state index in [2.05, 4.69) is 4.79 Å². The molecule has 0 fully saturated rings. The Morgan fingerprint density at radius 1 is 1.47 bits per heavy atom. The van der Waals surface area contributed by atoms with Crippen molar-refractivity contribution in [2.75, 3.05) is 19.1 Å². The number of anilines is 1. The van der Waals surface area contributed by atoms with Crippen LogP contribution in [0.5, 0.6) is 5.75 Å². The molecule has 0 unspecified atom stereocenters. The smallest absolute Gasteiger partial charge is 0.345 e. The van der Waals surface area contributed by atoms with Gasteiger partial charge in [-0.1, -0.05) is 0 Å². The van der Waals surface area contributed by atoms with Crippen LogP contribution < -0.4 is 9.64 Å². The van der Waals surface area contributed by atoms with E-state index in [1.54, 1.807) is 38.4 Å². The van der Waals surface area contributed by atoms with Crippen molar-refractivity contribution in [1.82, 2.24) is 0 Å². The van der Waals surface area contributed by atoms with Crippen molar-refractivity contribution in [2.24, 2.45) is 0 Å². The zero-order chi connectivity index (χ0) is 11.3. The molecule has 5 nitrogen and oxygen atoms in total. The number of rotatable bonds is 3. The molecule has 1 aromatic carbocycles. The van der Waals surface area contributed by atoms with E-state index in [1.165, 1.54) is 4.90 Å². The van der Waals surface area contributed by atoms with Crippen LogP contribution in [0.2, 0.25) is 0 Å². The predicted molar refractivity (Wildman–Crippen MR) is 56.1 cm³/mol. The van der Waals surface area contributed by atoms with Gasteiger partial charge in [0.25, 0.3) is 0 Å². The Bertz CT molecular complexity index is 394. The summed E-state index contributed by atoms with van der Waals surface area (Å²) in [6.45, 7) is 0. The lowest BCUT2D eigenvalue weighted by Gasteiger charge is -2.13. The standard InChI is InChI=1S/C10H11N3O2/c1-13(10(14)7-12-11)8-3-5-9(15-2)6-4-8/h3-7H,1-2H3. The van der Waals surface area contributed by atoms with Gasteiger partial charge in [-0.25, -0.2) is 0 Å². The molecule has 5 heteroatoms. The normalized spacial score (nSPS) is 8.93. The van der Waals surface area contributed by atoms with Crippen LogP contribution in [0, 0.1) is 0 Å². The number of benzene rings is 1. The minimum Gasteiger partial charge on any atom is -0.497 e. The number of nitrogens with zero attached hydrogens (tertiary/aromatic N) is 3. The molecule has 1 amide bonds. The first-order valence-electron chi connectivity index (χ1n) is 4.28. The van der Waals surface area contributed by atoms with Crippen molar-refractivity contribution in [3.63, 3.8) is 0 Å². The van der Waals surface area contributed by atoms with Crippen molar-refractivity contribution >= 4 is 17.8 Å². The fourth-order valence-electron chi connectivity index (χ4n) is 1.07. The molecule has 0 radical (unpaired) electrons. The molecule has 1 rings (SSSR count). The van der Waals surface area contributed by atoms with Gasteiger partial charge in [0.15, 0.2) is 0 Å². The van der Waals surface area contributed by atoms with E-state index < -0.39 is 5.91 Å². The van der Waals surface area contributed by atoms with Gasteiger partial charge >= 0.3 is 12.1 Å². The number of hydrogen-bond acceptors (Lipinski definition) is 2. The highest BCUT2D eigenvalue weighted by Gasteiger charge is 2.11. The lowest BCUT2D eigenvalue weighted by molar-refractivity contribution is -0.115. The molecule has 0 aromatic heterocycles. The van der Waals surface area contributed by atoms with E-state index in [0.717, 1.165) is 12.0 Å². The van der Waals surface area contributed by atoms with Gasteiger partial charge in [0.05, 0.1) is 7.11 Å². The molecule has 1 aromatic rings. The summed E-state index contributed by atoms with van der Waals surface area (Å²) in [4.78, 5) is 15.3. The molecule has 0 aliphatic heterocycles. The molecule has 0 aliphatic rings. The number of carbonyl (C=O) groups excluding carboxylic acids is 1. The van der Waals surface area contributed by atoms with E-state index in [4.69, 9.17) is 10.3 Å². The van der Waals surface area contributed by atoms with E-state index in [-0.39, 0.29) is 0 Å². The first-order valence-corrected chi connectivity index (χ1v) is 4.28. The van der Waals surface area contributed by atoms with Crippen LogP contribution in [-0.2, 0) is 4.79 Å². The fraction of sp³-hybridized carbons (Fsp3) is 0.200.